The molecular formula is C11H19N3S. The maximum absolute atomic E-state index is 4.43. The normalized spacial score (nSPS) is 15.5. The number of anilines is 1. The van der Waals surface area contributed by atoms with E-state index < -0.39 is 0 Å². The molecule has 84 valence electrons. The Morgan fingerprint density at radius 3 is 3.07 bits per heavy atom. The van der Waals surface area contributed by atoms with Crippen LogP contribution in [-0.4, -0.2) is 15.9 Å². The number of nitrogens with zero attached hydrogens (tertiary/aromatic N) is 2. The summed E-state index contributed by atoms with van der Waals surface area (Å²) in [7, 11) is 0. The number of nitrogens with one attached hydrogen (secondary N) is 1. The predicted molar refractivity (Wildman–Crippen MR) is 64.4 cm³/mol. The lowest BCUT2D eigenvalue weighted by Crippen LogP contribution is -2.01. The summed E-state index contributed by atoms with van der Waals surface area (Å²) in [6, 6.07) is 0. The van der Waals surface area contributed by atoms with Gasteiger partial charge in [-0.15, -0.1) is 0 Å². The SMILES string of the molecule is CCCc1nsc(NCCCC2CC2)n1. The Hall–Kier alpha value is -0.640. The molecular weight excluding hydrogens is 206 g/mol. The van der Waals surface area contributed by atoms with E-state index in [9.17, 15) is 0 Å². The van der Waals surface area contributed by atoms with Crippen LogP contribution in [-0.2, 0) is 6.42 Å². The highest BCUT2D eigenvalue weighted by Crippen LogP contribution is 2.33. The third-order valence-electron chi connectivity index (χ3n) is 2.70. The van der Waals surface area contributed by atoms with Crippen LogP contribution >= 0.6 is 11.5 Å². The van der Waals surface area contributed by atoms with E-state index in [1.165, 1.54) is 37.2 Å². The fourth-order valence-corrected chi connectivity index (χ4v) is 2.28. The Labute approximate surface area is 95.5 Å². The summed E-state index contributed by atoms with van der Waals surface area (Å²) >= 11 is 1.49. The van der Waals surface area contributed by atoms with Crippen molar-refractivity contribution >= 4 is 16.7 Å². The molecule has 3 nitrogen and oxygen atoms in total. The molecule has 0 aliphatic heterocycles. The van der Waals surface area contributed by atoms with Crippen LogP contribution in [0.25, 0.3) is 0 Å². The maximum atomic E-state index is 4.43. The molecule has 0 radical (unpaired) electrons. The molecule has 2 rings (SSSR count). The predicted octanol–water partition coefficient (Wildman–Crippen LogP) is 3.09. The summed E-state index contributed by atoms with van der Waals surface area (Å²) in [4.78, 5) is 4.43. The first-order valence-electron chi connectivity index (χ1n) is 5.95. The number of aryl methyl sites for hydroxylation is 1. The Kier molecular flexibility index (Phi) is 3.94. The highest BCUT2D eigenvalue weighted by atomic mass is 32.1. The number of hydrogen-bond acceptors (Lipinski definition) is 4. The molecule has 1 N–H and O–H groups in total. The number of hydrogen-bond donors (Lipinski definition) is 1. The van der Waals surface area contributed by atoms with Crippen LogP contribution < -0.4 is 5.32 Å². The van der Waals surface area contributed by atoms with Gasteiger partial charge in [-0.2, -0.15) is 4.37 Å². The van der Waals surface area contributed by atoms with Crippen LogP contribution in [0.2, 0.25) is 0 Å². The van der Waals surface area contributed by atoms with E-state index in [1.807, 2.05) is 0 Å². The first kappa shape index (κ1) is 10.9. The van der Waals surface area contributed by atoms with Gasteiger partial charge in [-0.1, -0.05) is 19.8 Å². The second kappa shape index (κ2) is 5.45. The quantitative estimate of drug-likeness (QED) is 0.725. The van der Waals surface area contributed by atoms with Crippen molar-refractivity contribution in [3.63, 3.8) is 0 Å². The largest absolute Gasteiger partial charge is 0.360 e. The highest BCUT2D eigenvalue weighted by Gasteiger charge is 2.19. The van der Waals surface area contributed by atoms with E-state index in [4.69, 9.17) is 0 Å². The van der Waals surface area contributed by atoms with Crippen molar-refractivity contribution in [2.45, 2.75) is 45.4 Å². The van der Waals surface area contributed by atoms with Gasteiger partial charge in [0.15, 0.2) is 0 Å². The van der Waals surface area contributed by atoms with Gasteiger partial charge in [-0.3, -0.25) is 0 Å². The van der Waals surface area contributed by atoms with Gasteiger partial charge in [-0.05, 0) is 25.2 Å². The van der Waals surface area contributed by atoms with E-state index in [-0.39, 0.29) is 0 Å². The topological polar surface area (TPSA) is 37.8 Å². The zero-order chi connectivity index (χ0) is 10.5. The molecule has 0 aromatic carbocycles. The van der Waals surface area contributed by atoms with Crippen molar-refractivity contribution in [3.8, 4) is 0 Å². The fourth-order valence-electron chi connectivity index (χ4n) is 1.64. The molecule has 0 amide bonds. The van der Waals surface area contributed by atoms with Gasteiger partial charge < -0.3 is 5.32 Å². The molecule has 1 aromatic heterocycles. The van der Waals surface area contributed by atoms with Crippen LogP contribution in [0.1, 0.15) is 44.9 Å². The van der Waals surface area contributed by atoms with E-state index in [2.05, 4.69) is 21.6 Å². The van der Waals surface area contributed by atoms with Crippen molar-refractivity contribution in [1.82, 2.24) is 9.36 Å². The van der Waals surface area contributed by atoms with Gasteiger partial charge in [0.25, 0.3) is 0 Å². The molecule has 15 heavy (non-hydrogen) atoms. The van der Waals surface area contributed by atoms with Gasteiger partial charge >= 0.3 is 0 Å². The summed E-state index contributed by atoms with van der Waals surface area (Å²) in [5.41, 5.74) is 0. The molecule has 0 unspecified atom stereocenters. The fraction of sp³-hybridized carbons (Fsp3) is 0.818. The minimum atomic E-state index is 0.993. The molecule has 1 aromatic rings. The van der Waals surface area contributed by atoms with Gasteiger partial charge in [-0.25, -0.2) is 4.98 Å². The molecule has 4 heteroatoms. The Morgan fingerprint density at radius 1 is 1.47 bits per heavy atom. The molecule has 0 saturated heterocycles. The van der Waals surface area contributed by atoms with Crippen LogP contribution in [0.4, 0.5) is 5.13 Å². The first-order valence-corrected chi connectivity index (χ1v) is 6.72. The third-order valence-corrected chi connectivity index (χ3v) is 3.41. The number of aromatic nitrogens is 2. The van der Waals surface area contributed by atoms with E-state index in [1.54, 1.807) is 0 Å². The zero-order valence-electron chi connectivity index (χ0n) is 9.33. The molecule has 1 heterocycles. The van der Waals surface area contributed by atoms with Gasteiger partial charge in [0, 0.05) is 24.5 Å². The average Bonchev–Trinajstić information content (AvgIpc) is 2.95. The summed E-state index contributed by atoms with van der Waals surface area (Å²) in [5.74, 6) is 2.03. The summed E-state index contributed by atoms with van der Waals surface area (Å²) in [5, 5.41) is 4.35. The van der Waals surface area contributed by atoms with Crippen LogP contribution in [0.15, 0.2) is 0 Å². The second-order valence-electron chi connectivity index (χ2n) is 4.28. The Morgan fingerprint density at radius 2 is 2.33 bits per heavy atom. The molecule has 1 aliphatic rings. The van der Waals surface area contributed by atoms with Crippen molar-refractivity contribution in [1.29, 1.82) is 0 Å². The molecule has 0 spiro atoms. The first-order chi connectivity index (χ1) is 7.38. The Balaban J connectivity index is 1.63. The standard InChI is InChI=1S/C11H19N3S/c1-2-4-10-13-11(15-14-10)12-8-3-5-9-6-7-9/h9H,2-8H2,1H3,(H,12,13,14). The smallest absolute Gasteiger partial charge is 0.202 e. The number of rotatable bonds is 7. The summed E-state index contributed by atoms with van der Waals surface area (Å²) < 4.78 is 4.30. The monoisotopic (exact) mass is 225 g/mol. The minimum absolute atomic E-state index is 0.993. The van der Waals surface area contributed by atoms with E-state index in [0.717, 1.165) is 36.3 Å². The van der Waals surface area contributed by atoms with Crippen molar-refractivity contribution in [3.05, 3.63) is 5.82 Å². The molecule has 0 bridgehead atoms. The Bertz CT molecular complexity index is 294. The van der Waals surface area contributed by atoms with Crippen molar-refractivity contribution in [2.24, 2.45) is 5.92 Å². The minimum Gasteiger partial charge on any atom is -0.360 e. The van der Waals surface area contributed by atoms with Gasteiger partial charge in [0.05, 0.1) is 0 Å². The molecule has 1 fully saturated rings. The van der Waals surface area contributed by atoms with Gasteiger partial charge in [0.1, 0.15) is 5.82 Å². The lowest BCUT2D eigenvalue weighted by molar-refractivity contribution is 0.687. The summed E-state index contributed by atoms with van der Waals surface area (Å²) in [6.45, 7) is 3.21. The lowest BCUT2D eigenvalue weighted by atomic mass is 10.2. The zero-order valence-corrected chi connectivity index (χ0v) is 10.1. The maximum Gasteiger partial charge on any atom is 0.202 e. The molecule has 0 atom stereocenters. The van der Waals surface area contributed by atoms with Crippen molar-refractivity contribution < 1.29 is 0 Å². The average molecular weight is 225 g/mol. The highest BCUT2D eigenvalue weighted by molar-refractivity contribution is 7.09. The van der Waals surface area contributed by atoms with E-state index >= 15 is 0 Å². The van der Waals surface area contributed by atoms with Crippen LogP contribution in [0, 0.1) is 5.92 Å². The third kappa shape index (κ3) is 3.78. The molecule has 1 aliphatic carbocycles. The van der Waals surface area contributed by atoms with Crippen LogP contribution in [0.5, 0.6) is 0 Å². The second-order valence-corrected chi connectivity index (χ2v) is 5.03. The van der Waals surface area contributed by atoms with Gasteiger partial charge in [0.2, 0.25) is 5.13 Å². The van der Waals surface area contributed by atoms with Crippen molar-refractivity contribution in [2.75, 3.05) is 11.9 Å². The molecule has 1 saturated carbocycles. The lowest BCUT2D eigenvalue weighted by Gasteiger charge is -2.00. The summed E-state index contributed by atoms with van der Waals surface area (Å²) in [6.07, 6.45) is 7.69. The van der Waals surface area contributed by atoms with E-state index in [0.29, 0.717) is 0 Å². The van der Waals surface area contributed by atoms with Crippen LogP contribution in [0.3, 0.4) is 0 Å².